The molecule has 2 fully saturated rings. The van der Waals surface area contributed by atoms with Crippen molar-refractivity contribution < 1.29 is 4.79 Å². The van der Waals surface area contributed by atoms with Crippen molar-refractivity contribution in [2.24, 2.45) is 12.8 Å². The SMILES string of the molecule is Cn1nccc1C1C(N)CCC(=O)N1C1CC1. The Morgan fingerprint density at radius 2 is 2.18 bits per heavy atom. The molecular formula is C12H18N4O. The second-order valence-electron chi connectivity index (χ2n) is 5.06. The third-order valence-corrected chi connectivity index (χ3v) is 3.79. The lowest BCUT2D eigenvalue weighted by molar-refractivity contribution is -0.138. The van der Waals surface area contributed by atoms with Crippen LogP contribution in [-0.2, 0) is 11.8 Å². The van der Waals surface area contributed by atoms with Crippen molar-refractivity contribution >= 4 is 5.91 Å². The van der Waals surface area contributed by atoms with Gasteiger partial charge in [0.2, 0.25) is 5.91 Å². The second-order valence-corrected chi connectivity index (χ2v) is 5.06. The van der Waals surface area contributed by atoms with Gasteiger partial charge in [0.25, 0.3) is 0 Å². The zero-order chi connectivity index (χ0) is 12.0. The minimum Gasteiger partial charge on any atom is -0.330 e. The van der Waals surface area contributed by atoms with Crippen LogP contribution in [-0.4, -0.2) is 32.7 Å². The van der Waals surface area contributed by atoms with Gasteiger partial charge in [-0.3, -0.25) is 9.48 Å². The monoisotopic (exact) mass is 234 g/mol. The van der Waals surface area contributed by atoms with Crippen LogP contribution in [0.3, 0.4) is 0 Å². The van der Waals surface area contributed by atoms with E-state index in [0.717, 1.165) is 25.0 Å². The van der Waals surface area contributed by atoms with Gasteiger partial charge in [0, 0.05) is 31.7 Å². The number of aromatic nitrogens is 2. The highest BCUT2D eigenvalue weighted by Gasteiger charge is 2.43. The van der Waals surface area contributed by atoms with Gasteiger partial charge in [0.15, 0.2) is 0 Å². The standard InChI is InChI=1S/C12H18N4O/c1-15-10(6-7-14-15)12-9(13)4-5-11(17)16(12)8-2-3-8/h6-9,12H,2-5,13H2,1H3. The number of likely N-dealkylation sites (tertiary alicyclic amines) is 1. The zero-order valence-corrected chi connectivity index (χ0v) is 10.0. The summed E-state index contributed by atoms with van der Waals surface area (Å²) in [5.41, 5.74) is 7.28. The van der Waals surface area contributed by atoms with Crippen LogP contribution >= 0.6 is 0 Å². The predicted molar refractivity (Wildman–Crippen MR) is 63.0 cm³/mol. The largest absolute Gasteiger partial charge is 0.330 e. The van der Waals surface area contributed by atoms with E-state index in [-0.39, 0.29) is 18.0 Å². The van der Waals surface area contributed by atoms with Crippen molar-refractivity contribution in [1.82, 2.24) is 14.7 Å². The van der Waals surface area contributed by atoms with Gasteiger partial charge in [-0.1, -0.05) is 0 Å². The molecule has 1 saturated heterocycles. The highest BCUT2D eigenvalue weighted by atomic mass is 16.2. The maximum absolute atomic E-state index is 12.1. The van der Waals surface area contributed by atoms with Crippen molar-refractivity contribution in [2.75, 3.05) is 0 Å². The van der Waals surface area contributed by atoms with Gasteiger partial charge < -0.3 is 10.6 Å². The third kappa shape index (κ3) is 1.74. The van der Waals surface area contributed by atoms with Gasteiger partial charge in [-0.15, -0.1) is 0 Å². The van der Waals surface area contributed by atoms with E-state index in [4.69, 9.17) is 5.73 Å². The number of hydrogen-bond acceptors (Lipinski definition) is 3. The molecule has 5 nitrogen and oxygen atoms in total. The molecule has 1 saturated carbocycles. The fourth-order valence-electron chi connectivity index (χ4n) is 2.76. The average Bonchev–Trinajstić information content (AvgIpc) is 3.05. The maximum atomic E-state index is 12.1. The predicted octanol–water partition coefficient (Wildman–Crippen LogP) is 0.573. The van der Waals surface area contributed by atoms with E-state index < -0.39 is 0 Å². The summed E-state index contributed by atoms with van der Waals surface area (Å²) in [6.45, 7) is 0. The number of hydrogen-bond donors (Lipinski definition) is 1. The first-order valence-electron chi connectivity index (χ1n) is 6.23. The molecule has 17 heavy (non-hydrogen) atoms. The molecule has 0 aromatic carbocycles. The summed E-state index contributed by atoms with van der Waals surface area (Å²) in [5.74, 6) is 0.250. The number of rotatable bonds is 2. The Hall–Kier alpha value is -1.36. The van der Waals surface area contributed by atoms with E-state index in [1.165, 1.54) is 0 Å². The van der Waals surface area contributed by atoms with Gasteiger partial charge >= 0.3 is 0 Å². The van der Waals surface area contributed by atoms with Crippen LogP contribution in [0.15, 0.2) is 12.3 Å². The normalized spacial score (nSPS) is 29.8. The minimum absolute atomic E-state index is 0.0104. The molecule has 3 rings (SSSR count). The van der Waals surface area contributed by atoms with E-state index in [1.54, 1.807) is 6.20 Å². The maximum Gasteiger partial charge on any atom is 0.223 e. The van der Waals surface area contributed by atoms with E-state index in [9.17, 15) is 4.79 Å². The summed E-state index contributed by atoms with van der Waals surface area (Å²) in [5, 5.41) is 4.19. The fraction of sp³-hybridized carbons (Fsp3) is 0.667. The number of carbonyl (C=O) groups excluding carboxylic acids is 1. The summed E-state index contributed by atoms with van der Waals surface area (Å²) in [4.78, 5) is 14.1. The minimum atomic E-state index is 0.0104. The average molecular weight is 234 g/mol. The van der Waals surface area contributed by atoms with Crippen LogP contribution in [0.1, 0.15) is 37.4 Å². The third-order valence-electron chi connectivity index (χ3n) is 3.79. The topological polar surface area (TPSA) is 64.2 Å². The van der Waals surface area contributed by atoms with E-state index in [1.807, 2.05) is 22.7 Å². The number of aryl methyl sites for hydroxylation is 1. The Kier molecular flexibility index (Phi) is 2.43. The first-order chi connectivity index (χ1) is 8.18. The molecule has 1 aliphatic carbocycles. The summed E-state index contributed by atoms with van der Waals surface area (Å²) in [6, 6.07) is 2.42. The molecule has 1 aliphatic heterocycles. The van der Waals surface area contributed by atoms with Crippen molar-refractivity contribution in [1.29, 1.82) is 0 Å². The van der Waals surface area contributed by atoms with Gasteiger partial charge in [0.05, 0.1) is 11.7 Å². The second kappa shape index (κ2) is 3.84. The highest BCUT2D eigenvalue weighted by Crippen LogP contribution is 2.39. The Labute approximate surface area is 101 Å². The van der Waals surface area contributed by atoms with Gasteiger partial charge in [0.1, 0.15) is 0 Å². The van der Waals surface area contributed by atoms with Gasteiger partial charge in [-0.25, -0.2) is 0 Å². The first-order valence-corrected chi connectivity index (χ1v) is 6.23. The Morgan fingerprint density at radius 1 is 1.41 bits per heavy atom. The zero-order valence-electron chi connectivity index (χ0n) is 10.0. The van der Waals surface area contributed by atoms with Gasteiger partial charge in [-0.05, 0) is 25.3 Å². The van der Waals surface area contributed by atoms with E-state index in [2.05, 4.69) is 5.10 Å². The van der Waals surface area contributed by atoms with Crippen molar-refractivity contribution in [3.63, 3.8) is 0 Å². The first kappa shape index (κ1) is 10.8. The number of nitrogens with zero attached hydrogens (tertiary/aromatic N) is 3. The lowest BCUT2D eigenvalue weighted by Gasteiger charge is -2.39. The Balaban J connectivity index is 1.97. The highest BCUT2D eigenvalue weighted by molar-refractivity contribution is 5.78. The molecule has 2 atom stereocenters. The molecule has 1 amide bonds. The summed E-state index contributed by atoms with van der Waals surface area (Å²) >= 11 is 0. The summed E-state index contributed by atoms with van der Waals surface area (Å²) < 4.78 is 1.83. The lowest BCUT2D eigenvalue weighted by Crippen LogP contribution is -2.50. The molecule has 2 N–H and O–H groups in total. The molecular weight excluding hydrogens is 216 g/mol. The number of nitrogens with two attached hydrogens (primary N) is 1. The van der Waals surface area contributed by atoms with Crippen molar-refractivity contribution in [3.8, 4) is 0 Å². The van der Waals surface area contributed by atoms with Crippen LogP contribution in [0.2, 0.25) is 0 Å². The van der Waals surface area contributed by atoms with Crippen LogP contribution in [0.4, 0.5) is 0 Å². The fourth-order valence-corrected chi connectivity index (χ4v) is 2.76. The number of piperidine rings is 1. The van der Waals surface area contributed by atoms with Crippen LogP contribution in [0, 0.1) is 0 Å². The molecule has 2 unspecified atom stereocenters. The Morgan fingerprint density at radius 3 is 2.76 bits per heavy atom. The van der Waals surface area contributed by atoms with Crippen LogP contribution in [0.25, 0.3) is 0 Å². The molecule has 0 spiro atoms. The molecule has 1 aromatic heterocycles. The van der Waals surface area contributed by atoms with Crippen LogP contribution < -0.4 is 5.73 Å². The number of amides is 1. The summed E-state index contributed by atoms with van der Waals surface area (Å²) in [7, 11) is 1.91. The molecule has 0 bridgehead atoms. The van der Waals surface area contributed by atoms with Crippen molar-refractivity contribution in [2.45, 2.75) is 43.8 Å². The molecule has 2 aliphatic rings. The molecule has 92 valence electrons. The summed E-state index contributed by atoms with van der Waals surface area (Å²) in [6.07, 6.45) is 5.37. The quantitative estimate of drug-likeness (QED) is 0.813. The van der Waals surface area contributed by atoms with Crippen LogP contribution in [0.5, 0.6) is 0 Å². The smallest absolute Gasteiger partial charge is 0.223 e. The van der Waals surface area contributed by atoms with Crippen molar-refractivity contribution in [3.05, 3.63) is 18.0 Å². The molecule has 0 radical (unpaired) electrons. The van der Waals surface area contributed by atoms with Gasteiger partial charge in [-0.2, -0.15) is 5.10 Å². The molecule has 5 heteroatoms. The lowest BCUT2D eigenvalue weighted by atomic mass is 9.93. The van der Waals surface area contributed by atoms with E-state index >= 15 is 0 Å². The number of carbonyl (C=O) groups is 1. The molecule has 1 aromatic rings. The van der Waals surface area contributed by atoms with E-state index in [0.29, 0.717) is 12.5 Å². The molecule has 2 heterocycles. The Bertz CT molecular complexity index is 437.